The first-order valence-electron chi connectivity index (χ1n) is 8.08. The van der Waals surface area contributed by atoms with Gasteiger partial charge in [-0.25, -0.2) is 4.39 Å². The zero-order valence-corrected chi connectivity index (χ0v) is 13.9. The molecular weight excluding hydrogens is 309 g/mol. The van der Waals surface area contributed by atoms with Crippen molar-refractivity contribution in [3.8, 4) is 0 Å². The maximum atomic E-state index is 13.8. The molecule has 1 aromatic carbocycles. The fourth-order valence-corrected chi connectivity index (χ4v) is 2.94. The number of likely N-dealkylation sites (N-methyl/N-ethyl adjacent to an activating group) is 1. The Balaban J connectivity index is 1.80. The second kappa shape index (κ2) is 7.00. The Labute approximate surface area is 140 Å². The quantitative estimate of drug-likeness (QED) is 0.897. The van der Waals surface area contributed by atoms with Crippen molar-refractivity contribution in [3.63, 3.8) is 0 Å². The number of aromatic amines is 1. The van der Waals surface area contributed by atoms with E-state index in [0.717, 1.165) is 37.4 Å². The van der Waals surface area contributed by atoms with Gasteiger partial charge in [0.25, 0.3) is 5.91 Å². The van der Waals surface area contributed by atoms with Gasteiger partial charge >= 0.3 is 0 Å². The van der Waals surface area contributed by atoms with E-state index in [4.69, 9.17) is 0 Å². The van der Waals surface area contributed by atoms with Crippen LogP contribution in [0.25, 0.3) is 0 Å². The molecule has 1 atom stereocenters. The summed E-state index contributed by atoms with van der Waals surface area (Å²) in [5.41, 5.74) is 2.15. The summed E-state index contributed by atoms with van der Waals surface area (Å²) < 4.78 is 13.8. The van der Waals surface area contributed by atoms with E-state index < -0.39 is 0 Å². The van der Waals surface area contributed by atoms with Crippen LogP contribution in [0.3, 0.4) is 0 Å². The number of hydrogen-bond donors (Lipinski definition) is 2. The van der Waals surface area contributed by atoms with E-state index in [2.05, 4.69) is 32.4 Å². The molecule has 0 spiro atoms. The van der Waals surface area contributed by atoms with Gasteiger partial charge in [0.05, 0.1) is 6.04 Å². The predicted molar refractivity (Wildman–Crippen MR) is 90.6 cm³/mol. The van der Waals surface area contributed by atoms with Gasteiger partial charge < -0.3 is 15.1 Å². The summed E-state index contributed by atoms with van der Waals surface area (Å²) >= 11 is 0. The smallest absolute Gasteiger partial charge is 0.269 e. The molecule has 6 nitrogen and oxygen atoms in total. The lowest BCUT2D eigenvalue weighted by atomic mass is 10.0. The fraction of sp³-hybridized carbons (Fsp3) is 0.412. The lowest BCUT2D eigenvalue weighted by molar-refractivity contribution is 0.0935. The first-order valence-corrected chi connectivity index (χ1v) is 8.08. The normalized spacial score (nSPS) is 16.9. The number of amides is 1. The lowest BCUT2D eigenvalue weighted by Gasteiger charge is -2.36. The van der Waals surface area contributed by atoms with Gasteiger partial charge in [-0.15, -0.1) is 0 Å². The van der Waals surface area contributed by atoms with Crippen LogP contribution in [0, 0.1) is 5.82 Å². The van der Waals surface area contributed by atoms with E-state index >= 15 is 0 Å². The van der Waals surface area contributed by atoms with Gasteiger partial charge in [0.15, 0.2) is 0 Å². The molecule has 1 amide bonds. The number of carbonyl (C=O) groups is 1. The number of anilines is 1. The third kappa shape index (κ3) is 3.56. The number of carbonyl (C=O) groups excluding carboxylic acids is 1. The molecule has 24 heavy (non-hydrogen) atoms. The van der Waals surface area contributed by atoms with Gasteiger partial charge in [-0.2, -0.15) is 5.10 Å². The first-order chi connectivity index (χ1) is 11.5. The molecule has 2 N–H and O–H groups in total. The maximum Gasteiger partial charge on any atom is 0.269 e. The molecule has 7 heteroatoms. The van der Waals surface area contributed by atoms with E-state index in [0.29, 0.717) is 5.69 Å². The van der Waals surface area contributed by atoms with Crippen molar-refractivity contribution < 1.29 is 9.18 Å². The van der Waals surface area contributed by atoms with Gasteiger partial charge in [-0.3, -0.25) is 9.89 Å². The number of hydrogen-bond acceptors (Lipinski definition) is 4. The SMILES string of the molecule is C[C@@H](NC(=O)c1ccn[nH]1)c1cc(F)ccc1N1CCN(C)CC1. The van der Waals surface area contributed by atoms with Crippen molar-refractivity contribution in [1.82, 2.24) is 20.4 Å². The molecule has 0 bridgehead atoms. The number of nitrogens with zero attached hydrogens (tertiary/aromatic N) is 3. The van der Waals surface area contributed by atoms with E-state index in [1.54, 1.807) is 12.1 Å². The number of aromatic nitrogens is 2. The van der Waals surface area contributed by atoms with Crippen molar-refractivity contribution in [2.45, 2.75) is 13.0 Å². The Hall–Kier alpha value is -2.41. The number of rotatable bonds is 4. The molecule has 0 aliphatic carbocycles. The van der Waals surface area contributed by atoms with E-state index in [1.165, 1.54) is 18.3 Å². The Morgan fingerprint density at radius 2 is 2.04 bits per heavy atom. The van der Waals surface area contributed by atoms with Crippen LogP contribution in [0.1, 0.15) is 29.0 Å². The molecule has 2 heterocycles. The molecule has 1 aliphatic heterocycles. The van der Waals surface area contributed by atoms with Gasteiger partial charge in [0, 0.05) is 43.6 Å². The zero-order chi connectivity index (χ0) is 17.1. The molecule has 0 saturated carbocycles. The van der Waals surface area contributed by atoms with Crippen LogP contribution < -0.4 is 10.2 Å². The van der Waals surface area contributed by atoms with Crippen molar-refractivity contribution in [1.29, 1.82) is 0 Å². The average molecular weight is 331 g/mol. The number of nitrogens with one attached hydrogen (secondary N) is 2. The minimum absolute atomic E-state index is 0.256. The largest absolute Gasteiger partial charge is 0.369 e. The molecule has 1 fully saturated rings. The molecule has 0 unspecified atom stereocenters. The highest BCUT2D eigenvalue weighted by Crippen LogP contribution is 2.28. The van der Waals surface area contributed by atoms with Crippen molar-refractivity contribution in [2.75, 3.05) is 38.1 Å². The standard InChI is InChI=1S/C17H22FN5O/c1-12(20-17(24)15-5-6-19-21-15)14-11-13(18)3-4-16(14)23-9-7-22(2)8-10-23/h3-6,11-12H,7-10H2,1-2H3,(H,19,21)(H,20,24)/t12-/m1/s1. The number of H-pyrrole nitrogens is 1. The highest BCUT2D eigenvalue weighted by molar-refractivity contribution is 5.92. The third-order valence-corrected chi connectivity index (χ3v) is 4.39. The minimum atomic E-state index is -0.314. The van der Waals surface area contributed by atoms with Crippen molar-refractivity contribution in [2.24, 2.45) is 0 Å². The first kappa shape index (κ1) is 16.4. The fourth-order valence-electron chi connectivity index (χ4n) is 2.94. The third-order valence-electron chi connectivity index (χ3n) is 4.39. The summed E-state index contributed by atoms with van der Waals surface area (Å²) in [7, 11) is 2.09. The second-order valence-corrected chi connectivity index (χ2v) is 6.16. The van der Waals surface area contributed by atoms with Gasteiger partial charge in [0.2, 0.25) is 0 Å². The van der Waals surface area contributed by atoms with Gasteiger partial charge in [-0.1, -0.05) is 0 Å². The summed E-state index contributed by atoms with van der Waals surface area (Å²) in [6.07, 6.45) is 1.53. The molecule has 1 aromatic heterocycles. The van der Waals surface area contributed by atoms with Crippen molar-refractivity contribution in [3.05, 3.63) is 47.5 Å². The average Bonchev–Trinajstić information content (AvgIpc) is 3.10. The molecule has 0 radical (unpaired) electrons. The van der Waals surface area contributed by atoms with Crippen molar-refractivity contribution >= 4 is 11.6 Å². The van der Waals surface area contributed by atoms with E-state index in [-0.39, 0.29) is 17.8 Å². The highest BCUT2D eigenvalue weighted by Gasteiger charge is 2.21. The van der Waals surface area contributed by atoms with Crippen LogP contribution in [-0.4, -0.2) is 54.2 Å². The topological polar surface area (TPSA) is 64.3 Å². The highest BCUT2D eigenvalue weighted by atomic mass is 19.1. The summed E-state index contributed by atoms with van der Waals surface area (Å²) in [5.74, 6) is -0.556. The summed E-state index contributed by atoms with van der Waals surface area (Å²) in [4.78, 5) is 16.7. The molecule has 3 rings (SSSR count). The summed E-state index contributed by atoms with van der Waals surface area (Å²) in [6.45, 7) is 5.56. The Morgan fingerprint density at radius 3 is 2.71 bits per heavy atom. The van der Waals surface area contributed by atoms with Gasteiger partial charge in [-0.05, 0) is 38.2 Å². The van der Waals surface area contributed by atoms with Crippen LogP contribution in [0.15, 0.2) is 30.5 Å². The molecule has 2 aromatic rings. The van der Waals surface area contributed by atoms with Crippen LogP contribution in [0.5, 0.6) is 0 Å². The van der Waals surface area contributed by atoms with E-state index in [1.807, 2.05) is 6.92 Å². The Bertz CT molecular complexity index is 695. The molecule has 128 valence electrons. The second-order valence-electron chi connectivity index (χ2n) is 6.16. The van der Waals surface area contributed by atoms with Gasteiger partial charge in [0.1, 0.15) is 11.5 Å². The Morgan fingerprint density at radius 1 is 1.29 bits per heavy atom. The van der Waals surface area contributed by atoms with Crippen LogP contribution in [0.2, 0.25) is 0 Å². The minimum Gasteiger partial charge on any atom is -0.369 e. The lowest BCUT2D eigenvalue weighted by Crippen LogP contribution is -2.45. The van der Waals surface area contributed by atoms with Crippen LogP contribution in [0.4, 0.5) is 10.1 Å². The Kier molecular flexibility index (Phi) is 4.80. The number of piperazine rings is 1. The van der Waals surface area contributed by atoms with Crippen LogP contribution in [-0.2, 0) is 0 Å². The monoisotopic (exact) mass is 331 g/mol. The summed E-state index contributed by atoms with van der Waals surface area (Å²) in [5, 5.41) is 9.31. The summed E-state index contributed by atoms with van der Waals surface area (Å²) in [6, 6.07) is 6.07. The predicted octanol–water partition coefficient (Wildman–Crippen LogP) is 1.79. The zero-order valence-electron chi connectivity index (χ0n) is 13.9. The molecule has 1 aliphatic rings. The molecular formula is C17H22FN5O. The van der Waals surface area contributed by atoms with Crippen LogP contribution >= 0.6 is 0 Å². The maximum absolute atomic E-state index is 13.8. The number of halogens is 1. The molecule has 1 saturated heterocycles. The van der Waals surface area contributed by atoms with E-state index in [9.17, 15) is 9.18 Å². The number of benzene rings is 1.